The summed E-state index contributed by atoms with van der Waals surface area (Å²) < 4.78 is 32.8. The third-order valence-corrected chi connectivity index (χ3v) is 7.35. The first-order chi connectivity index (χ1) is 25.2. The Morgan fingerprint density at radius 3 is 1.71 bits per heavy atom. The van der Waals surface area contributed by atoms with Crippen LogP contribution in [0, 0.1) is 5.41 Å². The Hall–Kier alpha value is -4.41. The third kappa shape index (κ3) is 16.5. The van der Waals surface area contributed by atoms with Gasteiger partial charge in [-0.15, -0.1) is 0 Å². The van der Waals surface area contributed by atoms with E-state index in [0.29, 0.717) is 17.7 Å². The number of carbonyl (C=O) groups is 6. The summed E-state index contributed by atoms with van der Waals surface area (Å²) in [6.07, 6.45) is -3.26. The van der Waals surface area contributed by atoms with Gasteiger partial charge in [-0.2, -0.15) is 9.89 Å². The maximum Gasteiger partial charge on any atom is 0.436 e. The van der Waals surface area contributed by atoms with E-state index in [-0.39, 0.29) is 30.4 Å². The number of imide groups is 1. The molecule has 1 atom stereocenters. The number of hydrogen-bond acceptors (Lipinski definition) is 13. The zero-order valence-electron chi connectivity index (χ0n) is 34.7. The molecule has 308 valence electrons. The molecule has 16 nitrogen and oxygen atoms in total. The van der Waals surface area contributed by atoms with E-state index >= 15 is 0 Å². The zero-order chi connectivity index (χ0) is 41.9. The summed E-state index contributed by atoms with van der Waals surface area (Å²) in [4.78, 5) is 85.8. The number of aliphatic imine (C=N–C) groups is 1. The summed E-state index contributed by atoms with van der Waals surface area (Å²) >= 11 is 0. The highest BCUT2D eigenvalue weighted by Crippen LogP contribution is 2.27. The average Bonchev–Trinajstić information content (AvgIpc) is 3.02. The van der Waals surface area contributed by atoms with Crippen LogP contribution in [0.3, 0.4) is 0 Å². The lowest BCUT2D eigenvalue weighted by Gasteiger charge is -2.33. The summed E-state index contributed by atoms with van der Waals surface area (Å²) in [5.74, 6) is -2.94. The molecule has 2 rings (SSSR count). The second kappa shape index (κ2) is 19.4. The molecule has 0 saturated carbocycles. The number of amidine groups is 1. The molecule has 0 radical (unpaired) electrons. The van der Waals surface area contributed by atoms with Gasteiger partial charge in [-0.3, -0.25) is 4.79 Å². The molecule has 1 aromatic rings. The minimum absolute atomic E-state index is 0.0366. The molecule has 55 heavy (non-hydrogen) atoms. The van der Waals surface area contributed by atoms with Crippen LogP contribution in [0.15, 0.2) is 29.3 Å². The van der Waals surface area contributed by atoms with Crippen molar-refractivity contribution in [1.82, 2.24) is 15.1 Å². The first-order valence-electron chi connectivity index (χ1n) is 18.3. The predicted octanol–water partition coefficient (Wildman–Crippen LogP) is 5.88. The summed E-state index contributed by atoms with van der Waals surface area (Å²) in [5, 5.41) is 3.24. The van der Waals surface area contributed by atoms with E-state index in [9.17, 15) is 28.8 Å². The number of piperidine rings is 1. The summed E-state index contributed by atoms with van der Waals surface area (Å²) in [6, 6.07) is 5.40. The lowest BCUT2D eigenvalue weighted by molar-refractivity contribution is -0.178. The normalized spacial score (nSPS) is 15.0. The number of ether oxygens (including phenoxy) is 6. The first-order valence-corrected chi connectivity index (χ1v) is 18.3. The predicted molar refractivity (Wildman–Crippen MR) is 203 cm³/mol. The van der Waals surface area contributed by atoms with Crippen molar-refractivity contribution in [1.29, 1.82) is 0 Å². The number of rotatable bonds is 10. The van der Waals surface area contributed by atoms with Gasteiger partial charge in [-0.1, -0.05) is 32.9 Å². The lowest BCUT2D eigenvalue weighted by Crippen LogP contribution is -2.47. The number of esters is 2. The van der Waals surface area contributed by atoms with E-state index in [0.717, 1.165) is 18.0 Å². The van der Waals surface area contributed by atoms with Gasteiger partial charge < -0.3 is 38.6 Å². The molecule has 0 aromatic heterocycles. The van der Waals surface area contributed by atoms with Crippen molar-refractivity contribution < 1.29 is 57.2 Å². The van der Waals surface area contributed by atoms with Crippen LogP contribution in [0.5, 0.6) is 0 Å². The van der Waals surface area contributed by atoms with E-state index in [1.165, 1.54) is 31.4 Å². The van der Waals surface area contributed by atoms with Crippen LogP contribution in [0.1, 0.15) is 112 Å². The number of amides is 4. The van der Waals surface area contributed by atoms with Crippen molar-refractivity contribution in [3.05, 3.63) is 35.4 Å². The Bertz CT molecular complexity index is 1510. The number of carbonyl (C=O) groups excluding carboxylic acids is 6. The van der Waals surface area contributed by atoms with Crippen LogP contribution in [-0.4, -0.2) is 121 Å². The van der Waals surface area contributed by atoms with Crippen LogP contribution >= 0.6 is 0 Å². The Morgan fingerprint density at radius 2 is 1.25 bits per heavy atom. The van der Waals surface area contributed by atoms with E-state index in [4.69, 9.17) is 28.4 Å². The Kier molecular flexibility index (Phi) is 16.5. The highest BCUT2D eigenvalue weighted by atomic mass is 16.6. The molecule has 1 unspecified atom stereocenters. The fourth-order valence-electron chi connectivity index (χ4n) is 4.97. The van der Waals surface area contributed by atoms with Crippen LogP contribution in [0.4, 0.5) is 14.4 Å². The molecule has 1 fully saturated rings. The van der Waals surface area contributed by atoms with Gasteiger partial charge >= 0.3 is 30.2 Å². The minimum Gasteiger partial charge on any atom is -0.443 e. The van der Waals surface area contributed by atoms with Crippen molar-refractivity contribution >= 4 is 42.0 Å². The molecule has 16 heteroatoms. The molecule has 1 N–H and O–H groups in total. The second-order valence-electron chi connectivity index (χ2n) is 17.1. The largest absolute Gasteiger partial charge is 0.443 e. The van der Waals surface area contributed by atoms with Crippen molar-refractivity contribution in [2.24, 2.45) is 10.4 Å². The topological polar surface area (TPSA) is 189 Å². The SMILES string of the molecule is COCCN(CC(=O)OC(=O)C(OC1CCNCC1)C(C)(C)C)C(=O)c1ccc(C(=NC(=O)OC(C)(C)C)N(C(=O)OC(C)(C)C)C(=O)OC(C)(C)C)cc1. The van der Waals surface area contributed by atoms with Gasteiger partial charge in [0.25, 0.3) is 5.91 Å². The van der Waals surface area contributed by atoms with Gasteiger partial charge in [0, 0.05) is 24.8 Å². The third-order valence-electron chi connectivity index (χ3n) is 7.35. The van der Waals surface area contributed by atoms with Gasteiger partial charge in [0.2, 0.25) is 0 Å². The maximum atomic E-state index is 13.8. The van der Waals surface area contributed by atoms with Crippen LogP contribution in [0.2, 0.25) is 0 Å². The summed E-state index contributed by atoms with van der Waals surface area (Å²) in [7, 11) is 1.43. The monoisotopic (exact) mass is 776 g/mol. The quantitative estimate of drug-likeness (QED) is 0.0976. The second-order valence-corrected chi connectivity index (χ2v) is 17.1. The van der Waals surface area contributed by atoms with Crippen molar-refractivity contribution in [3.8, 4) is 0 Å². The van der Waals surface area contributed by atoms with Crippen molar-refractivity contribution in [2.75, 3.05) is 39.9 Å². The van der Waals surface area contributed by atoms with Crippen LogP contribution in [0.25, 0.3) is 0 Å². The lowest BCUT2D eigenvalue weighted by atomic mass is 9.88. The first kappa shape index (κ1) is 46.7. The number of hydrogen-bond donors (Lipinski definition) is 1. The number of benzene rings is 1. The van der Waals surface area contributed by atoms with E-state index < -0.39 is 76.8 Å². The Balaban J connectivity index is 2.47. The van der Waals surface area contributed by atoms with Gasteiger partial charge in [-0.05, 0) is 106 Å². The summed E-state index contributed by atoms with van der Waals surface area (Å²) in [5.41, 5.74) is -3.67. The molecule has 0 spiro atoms. The zero-order valence-corrected chi connectivity index (χ0v) is 34.7. The van der Waals surface area contributed by atoms with Crippen LogP contribution in [-0.2, 0) is 38.0 Å². The van der Waals surface area contributed by atoms with Gasteiger partial charge in [-0.25, -0.2) is 24.0 Å². The van der Waals surface area contributed by atoms with Gasteiger partial charge in [0.1, 0.15) is 23.3 Å². The number of methoxy groups -OCH3 is 1. The molecule has 1 heterocycles. The Morgan fingerprint density at radius 1 is 0.764 bits per heavy atom. The minimum atomic E-state index is -1.18. The molecule has 0 bridgehead atoms. The van der Waals surface area contributed by atoms with Gasteiger partial charge in [0.05, 0.1) is 12.7 Å². The Labute approximate surface area is 324 Å². The number of nitrogens with one attached hydrogen (secondary N) is 1. The molecule has 1 aliphatic heterocycles. The van der Waals surface area contributed by atoms with Crippen molar-refractivity contribution in [3.63, 3.8) is 0 Å². The maximum absolute atomic E-state index is 13.8. The van der Waals surface area contributed by atoms with E-state index in [2.05, 4.69) is 10.3 Å². The molecule has 1 aromatic carbocycles. The van der Waals surface area contributed by atoms with Crippen LogP contribution < -0.4 is 5.32 Å². The molecule has 1 aliphatic rings. The molecule has 1 saturated heterocycles. The molecular formula is C39H60N4O12. The molecular weight excluding hydrogens is 716 g/mol. The van der Waals surface area contributed by atoms with Crippen molar-refractivity contribution in [2.45, 2.75) is 125 Å². The average molecular weight is 777 g/mol. The van der Waals surface area contributed by atoms with E-state index in [1.807, 2.05) is 20.8 Å². The standard InChI is InChI=1S/C39H60N4O12/c1-36(2,3)29(51-27-18-20-40-21-19-27)32(46)52-28(44)24-42(22-23-50-13)31(45)26-16-14-25(15-17-26)30(41-33(47)53-37(4,5)6)43(34(48)54-38(7,8)9)35(49)55-39(10,11)12/h14-17,27,29,40H,18-24H2,1-13H3. The fourth-order valence-corrected chi connectivity index (χ4v) is 4.97. The highest BCUT2D eigenvalue weighted by molar-refractivity contribution is 6.18. The molecule has 0 aliphatic carbocycles. The fraction of sp³-hybridized carbons (Fsp3) is 0.667. The molecule has 4 amide bonds. The van der Waals surface area contributed by atoms with E-state index in [1.54, 1.807) is 62.3 Å². The van der Waals surface area contributed by atoms with Gasteiger partial charge in [0.15, 0.2) is 11.9 Å². The number of nitrogens with zero attached hydrogens (tertiary/aromatic N) is 3. The smallest absolute Gasteiger partial charge is 0.436 e. The summed E-state index contributed by atoms with van der Waals surface area (Å²) in [6.45, 7) is 20.8. The highest BCUT2D eigenvalue weighted by Gasteiger charge is 2.39.